The fraction of sp³-hybridized carbons (Fsp3) is 0.364. The maximum Gasteiger partial charge on any atom is 0.225 e. The normalized spacial score (nSPS) is 14.8. The molecule has 0 aliphatic heterocycles. The Kier molecular flexibility index (Phi) is 3.75. The number of thioether (sulfide) groups is 1. The Morgan fingerprint density at radius 2 is 2.29 bits per heavy atom. The van der Waals surface area contributed by atoms with Crippen LogP contribution >= 0.6 is 11.8 Å². The molecule has 0 saturated carbocycles. The zero-order valence-electron chi connectivity index (χ0n) is 9.26. The summed E-state index contributed by atoms with van der Waals surface area (Å²) in [7, 11) is 0. The van der Waals surface area contributed by atoms with Crippen molar-refractivity contribution >= 4 is 23.3 Å². The van der Waals surface area contributed by atoms with Crippen molar-refractivity contribution in [2.24, 2.45) is 0 Å². The third-order valence-corrected chi connectivity index (χ3v) is 3.20. The van der Waals surface area contributed by atoms with Crippen molar-refractivity contribution in [1.29, 1.82) is 0 Å². The molecule has 0 N–H and O–H groups in total. The lowest BCUT2D eigenvalue weighted by atomic mass is 10.0. The Labute approximate surface area is 102 Å². The molecule has 1 aliphatic carbocycles. The molecule has 0 atom stereocenters. The predicted octanol–water partition coefficient (Wildman–Crippen LogP) is 1.71. The van der Waals surface area contributed by atoms with Crippen molar-refractivity contribution in [3.63, 3.8) is 0 Å². The van der Waals surface area contributed by atoms with E-state index >= 15 is 0 Å². The van der Waals surface area contributed by atoms with Gasteiger partial charge in [0.2, 0.25) is 17.3 Å². The number of ketones is 2. The summed E-state index contributed by atoms with van der Waals surface area (Å²) >= 11 is 1.31. The van der Waals surface area contributed by atoms with Crippen molar-refractivity contribution in [2.45, 2.75) is 6.92 Å². The number of hydrogen-bond acceptors (Lipinski definition) is 6. The Morgan fingerprint density at radius 1 is 1.47 bits per heavy atom. The first-order chi connectivity index (χ1) is 8.24. The van der Waals surface area contributed by atoms with Gasteiger partial charge in [0.15, 0.2) is 0 Å². The average Bonchev–Trinajstić information content (AvgIpc) is 2.80. The van der Waals surface area contributed by atoms with Crippen LogP contribution in [-0.2, 0) is 4.74 Å². The lowest BCUT2D eigenvalue weighted by molar-refractivity contribution is 0.0967. The lowest BCUT2D eigenvalue weighted by Gasteiger charge is -2.09. The smallest absolute Gasteiger partial charge is 0.225 e. The van der Waals surface area contributed by atoms with Gasteiger partial charge in [-0.3, -0.25) is 9.59 Å². The summed E-state index contributed by atoms with van der Waals surface area (Å²) < 4.78 is 9.90. The minimum atomic E-state index is -0.309. The number of nitrogens with zero attached hydrogens (tertiary/aromatic N) is 1. The van der Waals surface area contributed by atoms with Crippen molar-refractivity contribution < 1.29 is 18.8 Å². The van der Waals surface area contributed by atoms with Gasteiger partial charge in [0, 0.05) is 18.4 Å². The van der Waals surface area contributed by atoms with E-state index in [2.05, 4.69) is 5.16 Å². The number of Topliss-reactive ketones (excluding diaryl/α,β-unsaturated/α-hetero) is 1. The molecular formula is C11H11NO4S. The number of allylic oxidation sites excluding steroid dienone is 2. The largest absolute Gasteiger partial charge is 0.381 e. The van der Waals surface area contributed by atoms with Gasteiger partial charge in [-0.1, -0.05) is 5.16 Å². The highest BCUT2D eigenvalue weighted by Gasteiger charge is 2.29. The van der Waals surface area contributed by atoms with Crippen LogP contribution in [0.1, 0.15) is 27.8 Å². The molecule has 6 heteroatoms. The first-order valence-corrected chi connectivity index (χ1v) is 6.18. The molecule has 0 fully saturated rings. The summed E-state index contributed by atoms with van der Waals surface area (Å²) in [5.41, 5.74) is 0.247. The number of hydrogen-bond donors (Lipinski definition) is 0. The van der Waals surface area contributed by atoms with E-state index in [4.69, 9.17) is 9.26 Å². The van der Waals surface area contributed by atoms with Crippen LogP contribution in [0.4, 0.5) is 0 Å². The Morgan fingerprint density at radius 3 is 3.06 bits per heavy atom. The highest BCUT2D eigenvalue weighted by atomic mass is 32.2. The third-order valence-electron chi connectivity index (χ3n) is 2.21. The first-order valence-electron chi connectivity index (χ1n) is 5.20. The second-order valence-corrected chi connectivity index (χ2v) is 4.45. The van der Waals surface area contributed by atoms with Crippen LogP contribution in [0.5, 0.6) is 0 Å². The molecule has 2 rings (SSSR count). The summed E-state index contributed by atoms with van der Waals surface area (Å²) in [6.07, 6.45) is 2.58. The molecule has 0 radical (unpaired) electrons. The van der Waals surface area contributed by atoms with Gasteiger partial charge < -0.3 is 9.26 Å². The summed E-state index contributed by atoms with van der Waals surface area (Å²) in [5, 5.41) is 3.46. The maximum absolute atomic E-state index is 11.9. The number of rotatable bonds is 5. The molecule has 0 saturated heterocycles. The van der Waals surface area contributed by atoms with Crippen molar-refractivity contribution in [1.82, 2.24) is 5.16 Å². The second kappa shape index (κ2) is 5.29. The molecular weight excluding hydrogens is 242 g/mol. The zero-order chi connectivity index (χ0) is 12.3. The van der Waals surface area contributed by atoms with Gasteiger partial charge >= 0.3 is 0 Å². The number of carbonyl (C=O) groups excluding carboxylic acids is 2. The van der Waals surface area contributed by atoms with Crippen molar-refractivity contribution in [3.8, 4) is 0 Å². The van der Waals surface area contributed by atoms with Gasteiger partial charge in [-0.2, -0.15) is 0 Å². The first kappa shape index (κ1) is 12.1. The van der Waals surface area contributed by atoms with E-state index < -0.39 is 0 Å². The standard InChI is InChI=1S/C11H11NO4S/c1-2-15-3-4-17-9-5-8(13)11-7(10(9)14)6-12-16-11/h5-6H,2-4H2,1H3. The molecule has 1 aliphatic rings. The SMILES string of the molecule is CCOCCSC1=CC(=O)c2oncc2C1=O. The molecule has 1 aromatic rings. The summed E-state index contributed by atoms with van der Waals surface area (Å²) in [4.78, 5) is 23.9. The van der Waals surface area contributed by atoms with Gasteiger partial charge in [0.1, 0.15) is 0 Å². The quantitative estimate of drug-likeness (QED) is 0.744. The predicted molar refractivity (Wildman–Crippen MR) is 62.2 cm³/mol. The maximum atomic E-state index is 11.9. The van der Waals surface area contributed by atoms with E-state index in [1.165, 1.54) is 24.0 Å². The van der Waals surface area contributed by atoms with E-state index in [1.54, 1.807) is 0 Å². The topological polar surface area (TPSA) is 69.4 Å². The lowest BCUT2D eigenvalue weighted by Crippen LogP contribution is -2.14. The Bertz CT molecular complexity index is 478. The van der Waals surface area contributed by atoms with Gasteiger partial charge in [0.05, 0.1) is 23.3 Å². The molecule has 0 spiro atoms. The number of carbonyl (C=O) groups is 2. The molecule has 1 heterocycles. The van der Waals surface area contributed by atoms with Crippen molar-refractivity contribution in [3.05, 3.63) is 28.5 Å². The van der Waals surface area contributed by atoms with Crippen LogP contribution in [0.3, 0.4) is 0 Å². The van der Waals surface area contributed by atoms with Gasteiger partial charge in [-0.25, -0.2) is 0 Å². The number of aromatic nitrogens is 1. The second-order valence-electron chi connectivity index (χ2n) is 3.32. The van der Waals surface area contributed by atoms with Crippen LogP contribution in [0.2, 0.25) is 0 Å². The van der Waals surface area contributed by atoms with Crippen LogP contribution in [-0.4, -0.2) is 35.7 Å². The molecule has 90 valence electrons. The van der Waals surface area contributed by atoms with E-state index in [0.717, 1.165) is 0 Å². The monoisotopic (exact) mass is 253 g/mol. The fourth-order valence-corrected chi connectivity index (χ4v) is 2.28. The highest BCUT2D eigenvalue weighted by molar-refractivity contribution is 8.04. The minimum Gasteiger partial charge on any atom is -0.381 e. The number of ether oxygens (including phenoxy) is 1. The van der Waals surface area contributed by atoms with E-state index in [9.17, 15) is 9.59 Å². The fourth-order valence-electron chi connectivity index (χ4n) is 1.42. The van der Waals surface area contributed by atoms with Crippen LogP contribution < -0.4 is 0 Å². The zero-order valence-corrected chi connectivity index (χ0v) is 10.1. The van der Waals surface area contributed by atoms with Gasteiger partial charge in [-0.15, -0.1) is 11.8 Å². The highest BCUT2D eigenvalue weighted by Crippen LogP contribution is 2.27. The summed E-state index contributed by atoms with van der Waals surface area (Å²) in [5.74, 6) is 0.154. The van der Waals surface area contributed by atoms with E-state index in [0.29, 0.717) is 23.9 Å². The molecule has 1 aromatic heterocycles. The van der Waals surface area contributed by atoms with Crippen LogP contribution in [0, 0.1) is 0 Å². The molecule has 0 aromatic carbocycles. The van der Waals surface area contributed by atoms with Gasteiger partial charge in [0.25, 0.3) is 0 Å². The summed E-state index contributed by atoms with van der Waals surface area (Å²) in [6, 6.07) is 0. The third kappa shape index (κ3) is 2.48. The van der Waals surface area contributed by atoms with Crippen LogP contribution in [0.25, 0.3) is 0 Å². The summed E-state index contributed by atoms with van der Waals surface area (Å²) in [6.45, 7) is 3.10. The molecule has 0 unspecified atom stereocenters. The molecule has 0 amide bonds. The Hall–Kier alpha value is -1.40. The Balaban J connectivity index is 2.05. The van der Waals surface area contributed by atoms with Crippen molar-refractivity contribution in [2.75, 3.05) is 19.0 Å². The molecule has 0 bridgehead atoms. The van der Waals surface area contributed by atoms with Crippen LogP contribution in [0.15, 0.2) is 21.7 Å². The molecule has 17 heavy (non-hydrogen) atoms. The average molecular weight is 253 g/mol. The number of fused-ring (bicyclic) bond motifs is 1. The minimum absolute atomic E-state index is 0.0316. The van der Waals surface area contributed by atoms with E-state index in [1.807, 2.05) is 6.92 Å². The van der Waals surface area contributed by atoms with E-state index in [-0.39, 0.29) is 22.9 Å². The molecule has 5 nitrogen and oxygen atoms in total. The van der Waals surface area contributed by atoms with Gasteiger partial charge in [-0.05, 0) is 6.92 Å².